The molecule has 0 bridgehead atoms. The molecule has 2 unspecified atom stereocenters. The van der Waals surface area contributed by atoms with Crippen LogP contribution in [0.3, 0.4) is 0 Å². The van der Waals surface area contributed by atoms with Crippen LogP contribution in [0.4, 0.5) is 8.78 Å². The van der Waals surface area contributed by atoms with Gasteiger partial charge in [-0.05, 0) is 37.5 Å². The van der Waals surface area contributed by atoms with E-state index in [1.165, 1.54) is 6.07 Å². The van der Waals surface area contributed by atoms with Gasteiger partial charge < -0.3 is 14.3 Å². The molecule has 1 fully saturated rings. The van der Waals surface area contributed by atoms with E-state index in [-0.39, 0.29) is 17.7 Å². The number of rotatable bonds is 2. The van der Waals surface area contributed by atoms with Gasteiger partial charge in [-0.3, -0.25) is 0 Å². The van der Waals surface area contributed by atoms with Gasteiger partial charge >= 0.3 is 0 Å². The molecule has 0 radical (unpaired) electrons. The van der Waals surface area contributed by atoms with Crippen LogP contribution in [0.15, 0.2) is 12.1 Å². The van der Waals surface area contributed by atoms with E-state index < -0.39 is 11.6 Å². The third kappa shape index (κ3) is 2.08. The van der Waals surface area contributed by atoms with E-state index in [9.17, 15) is 8.78 Å². The van der Waals surface area contributed by atoms with Gasteiger partial charge in [-0.2, -0.15) is 0 Å². The first-order chi connectivity index (χ1) is 9.10. The highest BCUT2D eigenvalue weighted by molar-refractivity contribution is 7.71. The predicted octanol–water partition coefficient (Wildman–Crippen LogP) is 3.72. The summed E-state index contributed by atoms with van der Waals surface area (Å²) in [5.41, 5.74) is 0.761. The number of hydrogen-bond donors (Lipinski definition) is 1. The topological polar surface area (TPSA) is 29.9 Å². The van der Waals surface area contributed by atoms with Crippen LogP contribution in [-0.4, -0.2) is 22.8 Å². The summed E-state index contributed by atoms with van der Waals surface area (Å²) >= 11 is 5.24. The second kappa shape index (κ2) is 4.68. The second-order valence-corrected chi connectivity index (χ2v) is 5.29. The van der Waals surface area contributed by atoms with Gasteiger partial charge in [0.1, 0.15) is 11.3 Å². The van der Waals surface area contributed by atoms with Gasteiger partial charge in [0.15, 0.2) is 10.6 Å². The molecule has 102 valence electrons. The fourth-order valence-electron chi connectivity index (χ4n) is 2.88. The molecule has 2 aromatic rings. The molecular formula is C13H14F2N2OS. The molecule has 0 aliphatic heterocycles. The minimum absolute atomic E-state index is 0.132. The smallest absolute Gasteiger partial charge is 0.178 e. The SMILES string of the molecule is COC1CCC(n2c(=S)[nH]c3c(F)cc(F)cc32)C1. The first-order valence-electron chi connectivity index (χ1n) is 6.22. The van der Waals surface area contributed by atoms with E-state index >= 15 is 0 Å². The molecule has 1 saturated carbocycles. The maximum Gasteiger partial charge on any atom is 0.178 e. The lowest BCUT2D eigenvalue weighted by molar-refractivity contribution is 0.106. The van der Waals surface area contributed by atoms with Gasteiger partial charge in [0.2, 0.25) is 0 Å². The molecule has 1 aromatic carbocycles. The molecular weight excluding hydrogens is 270 g/mol. The molecule has 1 heterocycles. The van der Waals surface area contributed by atoms with Crippen LogP contribution < -0.4 is 0 Å². The summed E-state index contributed by atoms with van der Waals surface area (Å²) in [6.07, 6.45) is 2.84. The number of methoxy groups -OCH3 is 1. The van der Waals surface area contributed by atoms with Crippen molar-refractivity contribution in [1.29, 1.82) is 0 Å². The maximum atomic E-state index is 13.7. The molecule has 0 amide bonds. The van der Waals surface area contributed by atoms with E-state index in [0.29, 0.717) is 10.3 Å². The van der Waals surface area contributed by atoms with Crippen molar-refractivity contribution >= 4 is 23.3 Å². The van der Waals surface area contributed by atoms with Crippen LogP contribution in [0.5, 0.6) is 0 Å². The molecule has 3 nitrogen and oxygen atoms in total. The number of benzene rings is 1. The predicted molar refractivity (Wildman–Crippen MR) is 70.7 cm³/mol. The van der Waals surface area contributed by atoms with Crippen LogP contribution in [-0.2, 0) is 4.74 Å². The lowest BCUT2D eigenvalue weighted by atomic mass is 10.2. The number of hydrogen-bond acceptors (Lipinski definition) is 2. The normalized spacial score (nSPS) is 23.3. The third-order valence-electron chi connectivity index (χ3n) is 3.80. The van der Waals surface area contributed by atoms with Crippen molar-refractivity contribution < 1.29 is 13.5 Å². The number of nitrogens with zero attached hydrogens (tertiary/aromatic N) is 1. The maximum absolute atomic E-state index is 13.7. The summed E-state index contributed by atoms with van der Waals surface area (Å²) < 4.78 is 34.7. The van der Waals surface area contributed by atoms with E-state index in [0.717, 1.165) is 25.3 Å². The Hall–Kier alpha value is -1.27. The van der Waals surface area contributed by atoms with Crippen LogP contribution in [0.25, 0.3) is 11.0 Å². The average molecular weight is 284 g/mol. The minimum atomic E-state index is -0.610. The van der Waals surface area contributed by atoms with Crippen molar-refractivity contribution in [3.8, 4) is 0 Å². The van der Waals surface area contributed by atoms with E-state index in [1.54, 1.807) is 7.11 Å². The van der Waals surface area contributed by atoms with Crippen molar-refractivity contribution in [1.82, 2.24) is 9.55 Å². The van der Waals surface area contributed by atoms with Crippen LogP contribution in [0.1, 0.15) is 25.3 Å². The summed E-state index contributed by atoms with van der Waals surface area (Å²) in [4.78, 5) is 2.83. The molecule has 3 rings (SSSR count). The molecule has 1 aliphatic rings. The molecule has 2 atom stereocenters. The van der Waals surface area contributed by atoms with E-state index in [1.807, 2.05) is 4.57 Å². The Morgan fingerprint density at radius 3 is 2.84 bits per heavy atom. The number of aromatic nitrogens is 2. The van der Waals surface area contributed by atoms with Gasteiger partial charge in [0.05, 0.1) is 11.6 Å². The molecule has 1 aromatic heterocycles. The molecule has 1 N–H and O–H groups in total. The number of halogens is 2. The Bertz CT molecular complexity index is 679. The highest BCUT2D eigenvalue weighted by Gasteiger charge is 2.28. The van der Waals surface area contributed by atoms with Crippen molar-refractivity contribution in [2.45, 2.75) is 31.4 Å². The Kier molecular flexibility index (Phi) is 3.14. The number of nitrogens with one attached hydrogen (secondary N) is 1. The summed E-state index contributed by atoms with van der Waals surface area (Å²) in [5.74, 6) is -1.20. The highest BCUT2D eigenvalue weighted by Crippen LogP contribution is 2.34. The molecule has 0 spiro atoms. The van der Waals surface area contributed by atoms with Gasteiger partial charge in [-0.1, -0.05) is 0 Å². The quantitative estimate of drug-likeness (QED) is 0.852. The third-order valence-corrected chi connectivity index (χ3v) is 4.10. The van der Waals surface area contributed by atoms with Crippen molar-refractivity contribution in [2.24, 2.45) is 0 Å². The summed E-state index contributed by atoms with van der Waals surface area (Å²) in [7, 11) is 1.68. The van der Waals surface area contributed by atoms with Gasteiger partial charge in [-0.15, -0.1) is 0 Å². The van der Waals surface area contributed by atoms with Crippen molar-refractivity contribution in [3.63, 3.8) is 0 Å². The molecule has 6 heteroatoms. The molecule has 1 aliphatic carbocycles. The first-order valence-corrected chi connectivity index (χ1v) is 6.63. The zero-order valence-corrected chi connectivity index (χ0v) is 11.3. The van der Waals surface area contributed by atoms with Gasteiger partial charge in [0.25, 0.3) is 0 Å². The van der Waals surface area contributed by atoms with Crippen molar-refractivity contribution in [3.05, 3.63) is 28.5 Å². The zero-order valence-electron chi connectivity index (χ0n) is 10.5. The van der Waals surface area contributed by atoms with E-state index in [4.69, 9.17) is 17.0 Å². The average Bonchev–Trinajstić information content (AvgIpc) is 2.93. The number of ether oxygens (including phenoxy) is 1. The number of fused-ring (bicyclic) bond motifs is 1. The Morgan fingerprint density at radius 1 is 1.37 bits per heavy atom. The fourth-order valence-corrected chi connectivity index (χ4v) is 3.23. The number of aromatic amines is 1. The molecule has 0 saturated heterocycles. The number of H-pyrrole nitrogens is 1. The lowest BCUT2D eigenvalue weighted by Gasteiger charge is -2.13. The van der Waals surface area contributed by atoms with Crippen LogP contribution in [0, 0.1) is 16.4 Å². The Labute approximate surface area is 114 Å². The summed E-state index contributed by atoms with van der Waals surface area (Å²) in [5, 5.41) is 0. The second-order valence-electron chi connectivity index (χ2n) is 4.91. The minimum Gasteiger partial charge on any atom is -0.381 e. The van der Waals surface area contributed by atoms with E-state index in [2.05, 4.69) is 4.98 Å². The van der Waals surface area contributed by atoms with Gasteiger partial charge in [0, 0.05) is 19.2 Å². The van der Waals surface area contributed by atoms with Gasteiger partial charge in [-0.25, -0.2) is 8.78 Å². The highest BCUT2D eigenvalue weighted by atomic mass is 32.1. The Balaban J connectivity index is 2.13. The Morgan fingerprint density at radius 2 is 2.16 bits per heavy atom. The largest absolute Gasteiger partial charge is 0.381 e. The zero-order chi connectivity index (χ0) is 13.6. The van der Waals surface area contributed by atoms with Crippen molar-refractivity contribution in [2.75, 3.05) is 7.11 Å². The van der Waals surface area contributed by atoms with Crippen LogP contribution in [0.2, 0.25) is 0 Å². The monoisotopic (exact) mass is 284 g/mol. The summed E-state index contributed by atoms with van der Waals surface area (Å²) in [6.45, 7) is 0. The fraction of sp³-hybridized carbons (Fsp3) is 0.462. The number of imidazole rings is 1. The lowest BCUT2D eigenvalue weighted by Crippen LogP contribution is -2.09. The first kappa shape index (κ1) is 12.7. The standard InChI is InChI=1S/C13H14F2N2OS/c1-18-9-3-2-8(6-9)17-11-5-7(14)4-10(15)12(11)16-13(17)19/h4-5,8-9H,2-3,6H2,1H3,(H,16,19). The summed E-state index contributed by atoms with van der Waals surface area (Å²) in [6, 6.07) is 2.32. The van der Waals surface area contributed by atoms with Crippen LogP contribution >= 0.6 is 12.2 Å². The molecule has 19 heavy (non-hydrogen) atoms.